The second-order valence-corrected chi connectivity index (χ2v) is 7.46. The zero-order valence-corrected chi connectivity index (χ0v) is 17.0. The fraction of sp³-hybridized carbons (Fsp3) is 0.409. The average Bonchev–Trinajstić information content (AvgIpc) is 2.70. The molecule has 1 aromatic carbocycles. The molecule has 0 bridgehead atoms. The third kappa shape index (κ3) is 5.10. The number of methoxy groups -OCH3 is 1. The minimum Gasteiger partial charge on any atom is -0.480 e. The Hall–Kier alpha value is -2.96. The molecule has 1 aliphatic rings. The highest BCUT2D eigenvalue weighted by molar-refractivity contribution is 5.97. The highest BCUT2D eigenvalue weighted by Crippen LogP contribution is 2.27. The molecule has 0 spiro atoms. The number of nitrogens with one attached hydrogen (secondary N) is 1. The molecule has 1 saturated heterocycles. The number of piperidine rings is 1. The first-order valence-corrected chi connectivity index (χ1v) is 9.74. The summed E-state index contributed by atoms with van der Waals surface area (Å²) in [6.45, 7) is 4.51. The van der Waals surface area contributed by atoms with Crippen molar-refractivity contribution in [3.05, 3.63) is 52.8 Å². The monoisotopic (exact) mass is 399 g/mol. The molecule has 1 aliphatic heterocycles. The molecular formula is C22H26FN3O3. The minimum atomic E-state index is -0.232. The van der Waals surface area contributed by atoms with Crippen molar-refractivity contribution in [1.82, 2.24) is 9.88 Å². The van der Waals surface area contributed by atoms with Crippen LogP contribution in [0, 0.1) is 18.7 Å². The van der Waals surface area contributed by atoms with Crippen molar-refractivity contribution in [2.45, 2.75) is 33.1 Å². The molecule has 29 heavy (non-hydrogen) atoms. The summed E-state index contributed by atoms with van der Waals surface area (Å²) in [7, 11) is 1.46. The summed E-state index contributed by atoms with van der Waals surface area (Å²) in [4.78, 5) is 30.5. The number of anilines is 1. The van der Waals surface area contributed by atoms with E-state index in [9.17, 15) is 14.0 Å². The molecule has 2 heterocycles. The lowest BCUT2D eigenvalue weighted by Gasteiger charge is -2.32. The standard InChI is InChI=1S/C22H26FN3O3/c1-14-12-19(21(29-3)25-20(14)24-15(2)27)22(28)26-10-8-17(9-11-26)13-16-4-6-18(23)7-5-16/h4-7,12,17H,8-11,13H2,1-3H3,(H,24,25,27). The Morgan fingerprint density at radius 1 is 1.24 bits per heavy atom. The Kier molecular flexibility index (Phi) is 6.46. The van der Waals surface area contributed by atoms with E-state index < -0.39 is 0 Å². The summed E-state index contributed by atoms with van der Waals surface area (Å²) in [5.41, 5.74) is 2.22. The van der Waals surface area contributed by atoms with Gasteiger partial charge < -0.3 is 15.0 Å². The molecule has 1 aromatic heterocycles. The number of aryl methyl sites for hydroxylation is 1. The lowest BCUT2D eigenvalue weighted by molar-refractivity contribution is -0.114. The summed E-state index contributed by atoms with van der Waals surface area (Å²) < 4.78 is 18.4. The average molecular weight is 399 g/mol. The fourth-order valence-electron chi connectivity index (χ4n) is 3.66. The van der Waals surface area contributed by atoms with Crippen molar-refractivity contribution in [1.29, 1.82) is 0 Å². The van der Waals surface area contributed by atoms with Gasteiger partial charge in [-0.1, -0.05) is 12.1 Å². The molecule has 2 amide bonds. The smallest absolute Gasteiger partial charge is 0.259 e. The molecule has 0 unspecified atom stereocenters. The van der Waals surface area contributed by atoms with Gasteiger partial charge in [-0.05, 0) is 61.4 Å². The highest BCUT2D eigenvalue weighted by Gasteiger charge is 2.27. The van der Waals surface area contributed by atoms with Crippen molar-refractivity contribution in [3.63, 3.8) is 0 Å². The number of benzene rings is 1. The Morgan fingerprint density at radius 3 is 2.48 bits per heavy atom. The Balaban J connectivity index is 1.66. The van der Waals surface area contributed by atoms with E-state index in [4.69, 9.17) is 4.74 Å². The Labute approximate surface area is 170 Å². The van der Waals surface area contributed by atoms with Crippen molar-refractivity contribution >= 4 is 17.6 Å². The first-order valence-electron chi connectivity index (χ1n) is 9.74. The summed E-state index contributed by atoms with van der Waals surface area (Å²) >= 11 is 0. The van der Waals surface area contributed by atoms with Crippen molar-refractivity contribution in [2.24, 2.45) is 5.92 Å². The van der Waals surface area contributed by atoms with Gasteiger partial charge in [-0.15, -0.1) is 0 Å². The van der Waals surface area contributed by atoms with Crippen LogP contribution in [0.3, 0.4) is 0 Å². The lowest BCUT2D eigenvalue weighted by atomic mass is 9.90. The largest absolute Gasteiger partial charge is 0.480 e. The third-order valence-corrected chi connectivity index (χ3v) is 5.24. The maximum atomic E-state index is 13.1. The number of halogens is 1. The van der Waals surface area contributed by atoms with Crippen LogP contribution in [0.4, 0.5) is 10.2 Å². The predicted octanol–water partition coefficient (Wildman–Crippen LogP) is 3.59. The number of rotatable bonds is 5. The van der Waals surface area contributed by atoms with E-state index in [0.717, 1.165) is 24.8 Å². The van der Waals surface area contributed by atoms with Crippen LogP contribution >= 0.6 is 0 Å². The number of aromatic nitrogens is 1. The highest BCUT2D eigenvalue weighted by atomic mass is 19.1. The lowest BCUT2D eigenvalue weighted by Crippen LogP contribution is -2.39. The third-order valence-electron chi connectivity index (χ3n) is 5.24. The van der Waals surface area contributed by atoms with E-state index in [1.807, 2.05) is 17.0 Å². The Bertz CT molecular complexity index is 891. The Morgan fingerprint density at radius 2 is 1.90 bits per heavy atom. The SMILES string of the molecule is COc1nc(NC(C)=O)c(C)cc1C(=O)N1CCC(Cc2ccc(F)cc2)CC1. The van der Waals surface area contributed by atoms with E-state index in [1.54, 1.807) is 13.0 Å². The molecule has 0 aliphatic carbocycles. The van der Waals surface area contributed by atoms with Crippen LogP contribution in [0.25, 0.3) is 0 Å². The fourth-order valence-corrected chi connectivity index (χ4v) is 3.66. The number of pyridine rings is 1. The normalized spacial score (nSPS) is 14.6. The molecule has 1 N–H and O–H groups in total. The molecule has 0 atom stereocenters. The van der Waals surface area contributed by atoms with E-state index >= 15 is 0 Å². The molecule has 3 rings (SSSR count). The van der Waals surface area contributed by atoms with Gasteiger partial charge in [0.25, 0.3) is 5.91 Å². The molecule has 6 nitrogen and oxygen atoms in total. The van der Waals surface area contributed by atoms with Crippen molar-refractivity contribution < 1.29 is 18.7 Å². The summed E-state index contributed by atoms with van der Waals surface area (Å²) in [6, 6.07) is 8.33. The van der Waals surface area contributed by atoms with Crippen LogP contribution in [-0.2, 0) is 11.2 Å². The topological polar surface area (TPSA) is 71.5 Å². The van der Waals surface area contributed by atoms with Crippen LogP contribution in [0.2, 0.25) is 0 Å². The molecule has 0 saturated carbocycles. The number of amides is 2. The number of likely N-dealkylation sites (tertiary alicyclic amines) is 1. The maximum Gasteiger partial charge on any atom is 0.259 e. The predicted molar refractivity (Wildman–Crippen MR) is 109 cm³/mol. The van der Waals surface area contributed by atoms with Gasteiger partial charge in [-0.3, -0.25) is 9.59 Å². The second-order valence-electron chi connectivity index (χ2n) is 7.46. The summed E-state index contributed by atoms with van der Waals surface area (Å²) in [5, 5.41) is 2.65. The van der Waals surface area contributed by atoms with Gasteiger partial charge in [0.2, 0.25) is 11.8 Å². The van der Waals surface area contributed by atoms with Crippen molar-refractivity contribution in [3.8, 4) is 5.88 Å². The van der Waals surface area contributed by atoms with E-state index in [0.29, 0.717) is 36.0 Å². The molecule has 2 aromatic rings. The zero-order valence-electron chi connectivity index (χ0n) is 17.0. The van der Waals surface area contributed by atoms with Gasteiger partial charge in [-0.25, -0.2) is 4.39 Å². The van der Waals surface area contributed by atoms with Gasteiger partial charge >= 0.3 is 0 Å². The maximum absolute atomic E-state index is 13.1. The summed E-state index contributed by atoms with van der Waals surface area (Å²) in [5.74, 6) is 0.489. The number of carbonyl (C=O) groups excluding carboxylic acids is 2. The first kappa shape index (κ1) is 20.8. The molecular weight excluding hydrogens is 373 g/mol. The van der Waals surface area contributed by atoms with Crippen molar-refractivity contribution in [2.75, 3.05) is 25.5 Å². The number of carbonyl (C=O) groups is 2. The number of hydrogen-bond donors (Lipinski definition) is 1. The van der Waals surface area contributed by atoms with Crippen LogP contribution in [0.5, 0.6) is 5.88 Å². The first-order chi connectivity index (χ1) is 13.9. The second kappa shape index (κ2) is 9.03. The van der Waals surface area contributed by atoms with Crippen LogP contribution < -0.4 is 10.1 Å². The van der Waals surface area contributed by atoms with Crippen LogP contribution in [-0.4, -0.2) is 41.9 Å². The summed E-state index contributed by atoms with van der Waals surface area (Å²) in [6.07, 6.45) is 2.67. The zero-order chi connectivity index (χ0) is 21.0. The van der Waals surface area contributed by atoms with Gasteiger partial charge in [0.15, 0.2) is 0 Å². The molecule has 1 fully saturated rings. The van der Waals surface area contributed by atoms with Gasteiger partial charge in [-0.2, -0.15) is 4.98 Å². The number of ether oxygens (including phenoxy) is 1. The molecule has 154 valence electrons. The van der Waals surface area contributed by atoms with E-state index in [2.05, 4.69) is 10.3 Å². The van der Waals surface area contributed by atoms with Gasteiger partial charge in [0, 0.05) is 20.0 Å². The van der Waals surface area contributed by atoms with E-state index in [1.165, 1.54) is 26.2 Å². The molecule has 0 radical (unpaired) electrons. The quantitative estimate of drug-likeness (QED) is 0.834. The number of hydrogen-bond acceptors (Lipinski definition) is 4. The minimum absolute atomic E-state index is 0.118. The van der Waals surface area contributed by atoms with Gasteiger partial charge in [0.1, 0.15) is 17.2 Å². The molecule has 7 heteroatoms. The van der Waals surface area contributed by atoms with Crippen LogP contribution in [0.15, 0.2) is 30.3 Å². The van der Waals surface area contributed by atoms with Gasteiger partial charge in [0.05, 0.1) is 7.11 Å². The van der Waals surface area contributed by atoms with E-state index in [-0.39, 0.29) is 23.5 Å². The number of nitrogens with zero attached hydrogens (tertiary/aromatic N) is 2. The van der Waals surface area contributed by atoms with Crippen LogP contribution in [0.1, 0.15) is 41.3 Å².